The van der Waals surface area contributed by atoms with Crippen LogP contribution in [0, 0.1) is 0 Å². The van der Waals surface area contributed by atoms with E-state index in [2.05, 4.69) is 26.6 Å². The average molecular weight is 493 g/mol. The van der Waals surface area contributed by atoms with Crippen molar-refractivity contribution in [1.29, 1.82) is 0 Å². The topological polar surface area (TPSA) is 103 Å². The third-order valence-corrected chi connectivity index (χ3v) is 4.62. The van der Waals surface area contributed by atoms with Gasteiger partial charge in [-0.1, -0.05) is 22.9 Å². The van der Waals surface area contributed by atoms with E-state index in [0.717, 1.165) is 10.9 Å². The van der Waals surface area contributed by atoms with Crippen molar-refractivity contribution in [3.05, 3.63) is 52.5 Å². The lowest BCUT2D eigenvalue weighted by molar-refractivity contribution is -0.129. The third-order valence-electron chi connectivity index (χ3n) is 4.09. The molecule has 8 nitrogen and oxygen atoms in total. The van der Waals surface area contributed by atoms with E-state index in [9.17, 15) is 14.4 Å². The number of rotatable bonds is 10. The molecule has 0 heterocycles. The van der Waals surface area contributed by atoms with E-state index in [1.54, 1.807) is 12.1 Å². The molecule has 0 spiro atoms. The molecule has 166 valence electrons. The van der Waals surface area contributed by atoms with Crippen LogP contribution >= 0.6 is 15.9 Å². The van der Waals surface area contributed by atoms with E-state index >= 15 is 0 Å². The molecule has 2 aromatic carbocycles. The molecule has 2 aromatic rings. The van der Waals surface area contributed by atoms with E-state index in [1.165, 1.54) is 32.2 Å². The first-order valence-corrected chi connectivity index (χ1v) is 10.5. The number of carbonyl (C=O) groups excluding carboxylic acids is 3. The number of esters is 1. The minimum atomic E-state index is -0.928. The Morgan fingerprint density at radius 3 is 2.42 bits per heavy atom. The molecule has 9 heteroatoms. The number of benzene rings is 2. The predicted molar refractivity (Wildman–Crippen MR) is 119 cm³/mol. The molecule has 31 heavy (non-hydrogen) atoms. The van der Waals surface area contributed by atoms with E-state index < -0.39 is 12.1 Å². The van der Waals surface area contributed by atoms with Gasteiger partial charge in [0.2, 0.25) is 0 Å². The normalized spacial score (nSPS) is 11.2. The van der Waals surface area contributed by atoms with Crippen LogP contribution in [0.15, 0.2) is 46.9 Å². The number of hydrogen-bond acceptors (Lipinski definition) is 6. The van der Waals surface area contributed by atoms with E-state index in [1.807, 2.05) is 19.1 Å². The zero-order valence-electron chi connectivity index (χ0n) is 17.6. The Hall–Kier alpha value is -3.07. The first-order chi connectivity index (χ1) is 14.8. The summed E-state index contributed by atoms with van der Waals surface area (Å²) in [5.74, 6) is -0.830. The highest BCUT2D eigenvalue weighted by molar-refractivity contribution is 9.10. The summed E-state index contributed by atoms with van der Waals surface area (Å²) in [5.41, 5.74) is 0.831. The lowest BCUT2D eigenvalue weighted by atomic mass is 10.2. The smallest absolute Gasteiger partial charge is 0.339 e. The molecule has 0 aliphatic rings. The Bertz CT molecular complexity index is 917. The molecule has 1 atom stereocenters. The third kappa shape index (κ3) is 7.60. The fraction of sp³-hybridized carbons (Fsp3) is 0.318. The largest absolute Gasteiger partial charge is 0.493 e. The molecule has 0 aromatic heterocycles. The Morgan fingerprint density at radius 2 is 1.77 bits per heavy atom. The molecule has 0 aliphatic heterocycles. The van der Waals surface area contributed by atoms with Crippen molar-refractivity contribution in [1.82, 2.24) is 5.32 Å². The Labute approximate surface area is 189 Å². The Kier molecular flexibility index (Phi) is 9.33. The van der Waals surface area contributed by atoms with Gasteiger partial charge in [-0.15, -0.1) is 0 Å². The summed E-state index contributed by atoms with van der Waals surface area (Å²) in [6.45, 7) is 3.69. The Morgan fingerprint density at radius 1 is 1.06 bits per heavy atom. The van der Waals surface area contributed by atoms with Gasteiger partial charge in [-0.3, -0.25) is 9.59 Å². The number of halogens is 1. The molecule has 0 bridgehead atoms. The maximum Gasteiger partial charge on any atom is 0.339 e. The highest BCUT2D eigenvalue weighted by atomic mass is 79.9. The molecular formula is C22H25BrN2O6. The van der Waals surface area contributed by atoms with Crippen LogP contribution in [0.4, 0.5) is 5.69 Å². The van der Waals surface area contributed by atoms with Gasteiger partial charge < -0.3 is 24.8 Å². The maximum absolute atomic E-state index is 12.3. The molecule has 0 radical (unpaired) electrons. The summed E-state index contributed by atoms with van der Waals surface area (Å²) in [7, 11) is 1.42. The summed E-state index contributed by atoms with van der Waals surface area (Å²) in [6, 6.07) is 11.5. The van der Waals surface area contributed by atoms with Crippen LogP contribution in [0.5, 0.6) is 11.5 Å². The van der Waals surface area contributed by atoms with Gasteiger partial charge in [0.05, 0.1) is 12.7 Å². The van der Waals surface area contributed by atoms with Crippen LogP contribution in [0.3, 0.4) is 0 Å². The molecule has 2 amide bonds. The number of hydrogen-bond donors (Lipinski definition) is 2. The average Bonchev–Trinajstić information content (AvgIpc) is 2.77. The summed E-state index contributed by atoms with van der Waals surface area (Å²) >= 11 is 3.33. The van der Waals surface area contributed by atoms with Crippen molar-refractivity contribution < 1.29 is 28.6 Å². The number of ether oxygens (including phenoxy) is 3. The molecule has 0 aliphatic carbocycles. The van der Waals surface area contributed by atoms with Crippen LogP contribution in [-0.4, -0.2) is 44.1 Å². The van der Waals surface area contributed by atoms with Gasteiger partial charge in [0.25, 0.3) is 11.8 Å². The second kappa shape index (κ2) is 11.9. The van der Waals surface area contributed by atoms with Crippen molar-refractivity contribution in [3.8, 4) is 11.5 Å². The van der Waals surface area contributed by atoms with Crippen LogP contribution in [0.2, 0.25) is 0 Å². The van der Waals surface area contributed by atoms with Gasteiger partial charge in [0, 0.05) is 16.7 Å². The first-order valence-electron chi connectivity index (χ1n) is 9.69. The van der Waals surface area contributed by atoms with Gasteiger partial charge in [-0.05, 0) is 55.8 Å². The van der Waals surface area contributed by atoms with Crippen molar-refractivity contribution in [2.75, 3.05) is 25.6 Å². The second-order valence-corrected chi connectivity index (χ2v) is 7.46. The van der Waals surface area contributed by atoms with Gasteiger partial charge in [-0.25, -0.2) is 4.79 Å². The first kappa shape index (κ1) is 24.2. The summed E-state index contributed by atoms with van der Waals surface area (Å²) < 4.78 is 16.9. The van der Waals surface area contributed by atoms with Crippen molar-refractivity contribution in [2.24, 2.45) is 0 Å². The Balaban J connectivity index is 1.95. The maximum atomic E-state index is 12.3. The number of anilines is 1. The zero-order valence-corrected chi connectivity index (χ0v) is 19.2. The van der Waals surface area contributed by atoms with Crippen molar-refractivity contribution in [3.63, 3.8) is 0 Å². The molecule has 2 N–H and O–H groups in total. The molecule has 0 saturated carbocycles. The highest BCUT2D eigenvalue weighted by Crippen LogP contribution is 2.28. The van der Waals surface area contributed by atoms with Crippen LogP contribution in [0.25, 0.3) is 0 Å². The monoisotopic (exact) mass is 492 g/mol. The van der Waals surface area contributed by atoms with Crippen molar-refractivity contribution >= 4 is 39.4 Å². The van der Waals surface area contributed by atoms with Gasteiger partial charge in [0.1, 0.15) is 0 Å². The van der Waals surface area contributed by atoms with E-state index in [4.69, 9.17) is 14.2 Å². The van der Waals surface area contributed by atoms with Gasteiger partial charge in [0.15, 0.2) is 24.2 Å². The van der Waals surface area contributed by atoms with Gasteiger partial charge >= 0.3 is 5.97 Å². The van der Waals surface area contributed by atoms with E-state index in [-0.39, 0.29) is 29.7 Å². The number of amides is 2. The minimum absolute atomic E-state index is 0.193. The lowest BCUT2D eigenvalue weighted by Gasteiger charge is -2.15. The standard InChI is InChI=1S/C22H25BrN2O6/c1-4-11-24-21(27)14(2)31-22(28)15-5-10-18(19(12-15)29-3)30-13-20(26)25-17-8-6-16(23)7-9-17/h5-10,12,14H,4,11,13H2,1-3H3,(H,24,27)(H,25,26). The van der Waals surface area contributed by atoms with E-state index in [0.29, 0.717) is 18.0 Å². The predicted octanol–water partition coefficient (Wildman–Crippen LogP) is 3.55. The fourth-order valence-electron chi connectivity index (χ4n) is 2.46. The molecule has 0 saturated heterocycles. The van der Waals surface area contributed by atoms with Crippen LogP contribution < -0.4 is 20.1 Å². The summed E-state index contributed by atoms with van der Waals surface area (Å²) in [4.78, 5) is 36.3. The minimum Gasteiger partial charge on any atom is -0.493 e. The van der Waals surface area contributed by atoms with Crippen LogP contribution in [0.1, 0.15) is 30.6 Å². The molecule has 1 unspecified atom stereocenters. The molecular weight excluding hydrogens is 468 g/mol. The zero-order chi connectivity index (χ0) is 22.8. The highest BCUT2D eigenvalue weighted by Gasteiger charge is 2.20. The van der Waals surface area contributed by atoms with Crippen molar-refractivity contribution in [2.45, 2.75) is 26.4 Å². The summed E-state index contributed by atoms with van der Waals surface area (Å²) in [6.07, 6.45) is -0.144. The number of methoxy groups -OCH3 is 1. The van der Waals surface area contributed by atoms with Gasteiger partial charge in [-0.2, -0.15) is 0 Å². The number of nitrogens with one attached hydrogen (secondary N) is 2. The quantitative estimate of drug-likeness (QED) is 0.491. The van der Waals surface area contributed by atoms with Crippen LogP contribution in [-0.2, 0) is 14.3 Å². The summed E-state index contributed by atoms with van der Waals surface area (Å²) in [5, 5.41) is 5.38. The number of carbonyl (C=O) groups is 3. The lowest BCUT2D eigenvalue weighted by Crippen LogP contribution is -2.36. The molecule has 0 fully saturated rings. The fourth-order valence-corrected chi connectivity index (χ4v) is 2.73. The SMILES string of the molecule is CCCNC(=O)C(C)OC(=O)c1ccc(OCC(=O)Nc2ccc(Br)cc2)c(OC)c1. The molecule has 2 rings (SSSR count). The second-order valence-electron chi connectivity index (χ2n) is 6.55.